The minimum Gasteiger partial charge on any atom is -0.468 e. The lowest BCUT2D eigenvalue weighted by atomic mass is 9.86. The Kier molecular flexibility index (Phi) is 6.11. The van der Waals surface area contributed by atoms with Crippen molar-refractivity contribution in [1.29, 1.82) is 0 Å². The van der Waals surface area contributed by atoms with Gasteiger partial charge in [0, 0.05) is 18.2 Å². The van der Waals surface area contributed by atoms with Gasteiger partial charge in [-0.25, -0.2) is 0 Å². The van der Waals surface area contributed by atoms with Gasteiger partial charge in [0.2, 0.25) is 0 Å². The molecule has 0 spiro atoms. The maximum absolute atomic E-state index is 5.70. The zero-order valence-corrected chi connectivity index (χ0v) is 13.3. The fraction of sp³-hybridized carbons (Fsp3) is 0.765. The molecule has 1 saturated carbocycles. The first-order valence-corrected chi connectivity index (χ1v) is 8.17. The summed E-state index contributed by atoms with van der Waals surface area (Å²) in [6.45, 7) is 7.51. The third-order valence-corrected chi connectivity index (χ3v) is 4.50. The van der Waals surface area contributed by atoms with E-state index in [0.29, 0.717) is 0 Å². The summed E-state index contributed by atoms with van der Waals surface area (Å²) in [4.78, 5) is 2.48. The SMILES string of the molecule is CCCNCc1ccoc1CN(C)C1CCCC(C)C1. The van der Waals surface area contributed by atoms with Crippen LogP contribution in [0.2, 0.25) is 0 Å². The molecule has 3 heteroatoms. The molecule has 0 aliphatic heterocycles. The van der Waals surface area contributed by atoms with E-state index in [-0.39, 0.29) is 0 Å². The van der Waals surface area contributed by atoms with Gasteiger partial charge >= 0.3 is 0 Å². The summed E-state index contributed by atoms with van der Waals surface area (Å²) >= 11 is 0. The number of hydrogen-bond donors (Lipinski definition) is 1. The third kappa shape index (κ3) is 4.35. The van der Waals surface area contributed by atoms with E-state index < -0.39 is 0 Å². The topological polar surface area (TPSA) is 28.4 Å². The summed E-state index contributed by atoms with van der Waals surface area (Å²) in [6.07, 6.45) is 8.45. The highest BCUT2D eigenvalue weighted by atomic mass is 16.3. The van der Waals surface area contributed by atoms with Gasteiger partial charge in [0.25, 0.3) is 0 Å². The Balaban J connectivity index is 1.87. The second kappa shape index (κ2) is 7.84. The summed E-state index contributed by atoms with van der Waals surface area (Å²) in [5, 5.41) is 3.46. The Labute approximate surface area is 123 Å². The van der Waals surface area contributed by atoms with Crippen molar-refractivity contribution in [1.82, 2.24) is 10.2 Å². The van der Waals surface area contributed by atoms with Gasteiger partial charge in [-0.3, -0.25) is 4.90 Å². The highest BCUT2D eigenvalue weighted by molar-refractivity contribution is 5.16. The van der Waals surface area contributed by atoms with Crippen LogP contribution in [0.5, 0.6) is 0 Å². The first-order chi connectivity index (χ1) is 9.70. The van der Waals surface area contributed by atoms with Crippen molar-refractivity contribution in [2.24, 2.45) is 5.92 Å². The highest BCUT2D eigenvalue weighted by Crippen LogP contribution is 2.27. The van der Waals surface area contributed by atoms with Gasteiger partial charge in [-0.2, -0.15) is 0 Å². The van der Waals surface area contributed by atoms with Crippen molar-refractivity contribution < 1.29 is 4.42 Å². The number of rotatable bonds is 7. The lowest BCUT2D eigenvalue weighted by molar-refractivity contribution is 0.148. The molecule has 20 heavy (non-hydrogen) atoms. The second-order valence-corrected chi connectivity index (χ2v) is 6.39. The maximum atomic E-state index is 5.70. The molecule has 1 aromatic rings. The van der Waals surface area contributed by atoms with Crippen molar-refractivity contribution in [2.75, 3.05) is 13.6 Å². The third-order valence-electron chi connectivity index (χ3n) is 4.50. The molecule has 0 bridgehead atoms. The maximum Gasteiger partial charge on any atom is 0.122 e. The highest BCUT2D eigenvalue weighted by Gasteiger charge is 2.23. The Hall–Kier alpha value is -0.800. The Bertz CT molecular complexity index is 388. The molecule has 0 saturated heterocycles. The molecule has 114 valence electrons. The first kappa shape index (κ1) is 15.6. The lowest BCUT2D eigenvalue weighted by Gasteiger charge is -2.33. The molecule has 1 fully saturated rings. The molecule has 1 aromatic heterocycles. The molecule has 3 nitrogen and oxygen atoms in total. The van der Waals surface area contributed by atoms with Gasteiger partial charge < -0.3 is 9.73 Å². The quantitative estimate of drug-likeness (QED) is 0.769. The van der Waals surface area contributed by atoms with Gasteiger partial charge in [-0.1, -0.05) is 26.7 Å². The Morgan fingerprint density at radius 2 is 2.25 bits per heavy atom. The number of hydrogen-bond acceptors (Lipinski definition) is 3. The van der Waals surface area contributed by atoms with Crippen LogP contribution in [-0.2, 0) is 13.1 Å². The van der Waals surface area contributed by atoms with Gasteiger partial charge in [0.05, 0.1) is 12.8 Å². The van der Waals surface area contributed by atoms with E-state index in [9.17, 15) is 0 Å². The number of nitrogens with one attached hydrogen (secondary N) is 1. The molecule has 1 aliphatic carbocycles. The van der Waals surface area contributed by atoms with E-state index in [1.54, 1.807) is 0 Å². The van der Waals surface area contributed by atoms with Crippen molar-refractivity contribution >= 4 is 0 Å². The normalized spacial score (nSPS) is 23.4. The number of furan rings is 1. The van der Waals surface area contributed by atoms with Crippen LogP contribution in [0.1, 0.15) is 57.3 Å². The minimum atomic E-state index is 0.723. The summed E-state index contributed by atoms with van der Waals surface area (Å²) in [7, 11) is 2.24. The Morgan fingerprint density at radius 3 is 3.00 bits per heavy atom. The average molecular weight is 278 g/mol. The van der Waals surface area contributed by atoms with Crippen LogP contribution in [0, 0.1) is 5.92 Å². The standard InChI is InChI=1S/C17H30N2O/c1-4-9-18-12-15-8-10-20-17(15)13-19(3)16-7-5-6-14(2)11-16/h8,10,14,16,18H,4-7,9,11-13H2,1-3H3. The van der Waals surface area contributed by atoms with Crippen molar-refractivity contribution in [2.45, 2.75) is 65.1 Å². The van der Waals surface area contributed by atoms with Crippen LogP contribution in [-0.4, -0.2) is 24.5 Å². The van der Waals surface area contributed by atoms with E-state index >= 15 is 0 Å². The molecule has 1 aliphatic rings. The fourth-order valence-electron chi connectivity index (χ4n) is 3.22. The van der Waals surface area contributed by atoms with Crippen LogP contribution in [0.15, 0.2) is 16.7 Å². The molecule has 1 heterocycles. The molecule has 0 radical (unpaired) electrons. The fourth-order valence-corrected chi connectivity index (χ4v) is 3.22. The predicted molar refractivity (Wildman–Crippen MR) is 83.6 cm³/mol. The summed E-state index contributed by atoms with van der Waals surface area (Å²) in [5.41, 5.74) is 1.31. The van der Waals surface area contributed by atoms with Crippen LogP contribution < -0.4 is 5.32 Å². The van der Waals surface area contributed by atoms with Gasteiger partial charge in [-0.15, -0.1) is 0 Å². The van der Waals surface area contributed by atoms with Gasteiger partial charge in [0.15, 0.2) is 0 Å². The van der Waals surface area contributed by atoms with E-state index in [2.05, 4.69) is 37.2 Å². The second-order valence-electron chi connectivity index (χ2n) is 6.39. The molecule has 1 N–H and O–H groups in total. The molecular formula is C17H30N2O. The molecule has 0 aromatic carbocycles. The van der Waals surface area contributed by atoms with Gasteiger partial charge in [-0.05, 0) is 44.8 Å². The summed E-state index contributed by atoms with van der Waals surface area (Å²) in [6, 6.07) is 2.83. The van der Waals surface area contributed by atoms with Crippen molar-refractivity contribution in [3.8, 4) is 0 Å². The van der Waals surface area contributed by atoms with Crippen LogP contribution in [0.25, 0.3) is 0 Å². The van der Waals surface area contributed by atoms with E-state index in [1.807, 2.05) is 6.26 Å². The monoisotopic (exact) mass is 278 g/mol. The van der Waals surface area contributed by atoms with Crippen LogP contribution in [0.4, 0.5) is 0 Å². The Morgan fingerprint density at radius 1 is 1.40 bits per heavy atom. The van der Waals surface area contributed by atoms with E-state index in [1.165, 1.54) is 37.7 Å². The predicted octanol–water partition coefficient (Wildman–Crippen LogP) is 3.79. The van der Waals surface area contributed by atoms with E-state index in [4.69, 9.17) is 4.42 Å². The average Bonchev–Trinajstić information content (AvgIpc) is 2.86. The number of nitrogens with zero attached hydrogens (tertiary/aromatic N) is 1. The smallest absolute Gasteiger partial charge is 0.122 e. The summed E-state index contributed by atoms with van der Waals surface area (Å²) in [5.74, 6) is 2.01. The molecule has 2 rings (SSSR count). The van der Waals surface area contributed by atoms with E-state index in [0.717, 1.165) is 37.4 Å². The minimum absolute atomic E-state index is 0.723. The summed E-state index contributed by atoms with van der Waals surface area (Å²) < 4.78 is 5.70. The molecule has 2 unspecified atom stereocenters. The molecule has 0 amide bonds. The molecular weight excluding hydrogens is 248 g/mol. The van der Waals surface area contributed by atoms with Gasteiger partial charge in [0.1, 0.15) is 5.76 Å². The van der Waals surface area contributed by atoms with Crippen molar-refractivity contribution in [3.63, 3.8) is 0 Å². The zero-order valence-electron chi connectivity index (χ0n) is 13.3. The molecule has 2 atom stereocenters. The largest absolute Gasteiger partial charge is 0.468 e. The van der Waals surface area contributed by atoms with Crippen molar-refractivity contribution in [3.05, 3.63) is 23.7 Å². The lowest BCUT2D eigenvalue weighted by Crippen LogP contribution is -2.35. The zero-order chi connectivity index (χ0) is 14.4. The van der Waals surface area contributed by atoms with Crippen LogP contribution in [0.3, 0.4) is 0 Å². The van der Waals surface area contributed by atoms with Crippen LogP contribution >= 0.6 is 0 Å². The first-order valence-electron chi connectivity index (χ1n) is 8.17.